The standard InChI is InChI=1S/C15H19N3/c1-3-18-10-12(9-16-18)14-8-11(2)17-15-7-5-4-6-13(14)15/h4-7,9-11,14,17H,3,8H2,1-2H3. The molecule has 0 saturated heterocycles. The van der Waals surface area contributed by atoms with Crippen molar-refractivity contribution < 1.29 is 0 Å². The number of para-hydroxylation sites is 1. The van der Waals surface area contributed by atoms with Crippen LogP contribution in [-0.2, 0) is 6.54 Å². The molecule has 94 valence electrons. The zero-order valence-electron chi connectivity index (χ0n) is 10.9. The van der Waals surface area contributed by atoms with Gasteiger partial charge in [0, 0.05) is 30.4 Å². The molecular formula is C15H19N3. The number of nitrogens with zero attached hydrogens (tertiary/aromatic N) is 2. The van der Waals surface area contributed by atoms with Crippen molar-refractivity contribution in [3.8, 4) is 0 Å². The van der Waals surface area contributed by atoms with E-state index in [4.69, 9.17) is 0 Å². The zero-order chi connectivity index (χ0) is 12.5. The number of rotatable bonds is 2. The molecule has 2 heterocycles. The lowest BCUT2D eigenvalue weighted by molar-refractivity contribution is 0.612. The quantitative estimate of drug-likeness (QED) is 0.874. The first kappa shape index (κ1) is 11.3. The first-order valence-corrected chi connectivity index (χ1v) is 6.65. The second-order valence-corrected chi connectivity index (χ2v) is 5.05. The molecule has 2 aromatic rings. The van der Waals surface area contributed by atoms with E-state index in [2.05, 4.69) is 54.7 Å². The summed E-state index contributed by atoms with van der Waals surface area (Å²) in [5.74, 6) is 0.470. The van der Waals surface area contributed by atoms with Gasteiger partial charge in [-0.3, -0.25) is 4.68 Å². The number of hydrogen-bond donors (Lipinski definition) is 1. The van der Waals surface area contributed by atoms with Gasteiger partial charge >= 0.3 is 0 Å². The number of nitrogens with one attached hydrogen (secondary N) is 1. The Labute approximate surface area is 108 Å². The van der Waals surface area contributed by atoms with E-state index in [1.54, 1.807) is 0 Å². The zero-order valence-corrected chi connectivity index (χ0v) is 10.9. The highest BCUT2D eigenvalue weighted by Gasteiger charge is 2.25. The number of hydrogen-bond acceptors (Lipinski definition) is 2. The number of fused-ring (bicyclic) bond motifs is 1. The normalized spacial score (nSPS) is 22.3. The van der Waals surface area contributed by atoms with Gasteiger partial charge in [-0.05, 0) is 37.5 Å². The molecule has 1 aliphatic rings. The van der Waals surface area contributed by atoms with Gasteiger partial charge in [0.05, 0.1) is 6.20 Å². The Morgan fingerprint density at radius 1 is 1.39 bits per heavy atom. The average Bonchev–Trinajstić information content (AvgIpc) is 2.86. The Kier molecular flexibility index (Phi) is 2.82. The van der Waals surface area contributed by atoms with Crippen LogP contribution < -0.4 is 5.32 Å². The van der Waals surface area contributed by atoms with Crippen molar-refractivity contribution in [2.75, 3.05) is 5.32 Å². The van der Waals surface area contributed by atoms with Crippen molar-refractivity contribution in [1.29, 1.82) is 0 Å². The summed E-state index contributed by atoms with van der Waals surface area (Å²) in [5, 5.41) is 7.96. The van der Waals surface area contributed by atoms with E-state index >= 15 is 0 Å². The van der Waals surface area contributed by atoms with Gasteiger partial charge in [-0.25, -0.2) is 0 Å². The van der Waals surface area contributed by atoms with E-state index in [9.17, 15) is 0 Å². The molecule has 0 aliphatic carbocycles. The van der Waals surface area contributed by atoms with Crippen LogP contribution in [0.25, 0.3) is 0 Å². The maximum atomic E-state index is 4.40. The fraction of sp³-hybridized carbons (Fsp3) is 0.400. The van der Waals surface area contributed by atoms with Gasteiger partial charge in [-0.2, -0.15) is 5.10 Å². The van der Waals surface area contributed by atoms with Crippen LogP contribution in [0.4, 0.5) is 5.69 Å². The number of benzene rings is 1. The highest BCUT2D eigenvalue weighted by atomic mass is 15.3. The molecule has 0 spiro atoms. The summed E-state index contributed by atoms with van der Waals surface area (Å²) in [6.45, 7) is 5.30. The Morgan fingerprint density at radius 3 is 3.00 bits per heavy atom. The lowest BCUT2D eigenvalue weighted by Crippen LogP contribution is -2.25. The molecule has 0 amide bonds. The molecular weight excluding hydrogens is 222 g/mol. The summed E-state index contributed by atoms with van der Waals surface area (Å²) in [4.78, 5) is 0. The van der Waals surface area contributed by atoms with Crippen molar-refractivity contribution in [3.05, 3.63) is 47.8 Å². The number of anilines is 1. The van der Waals surface area contributed by atoms with E-state index in [-0.39, 0.29) is 0 Å². The van der Waals surface area contributed by atoms with E-state index in [1.165, 1.54) is 16.8 Å². The third kappa shape index (κ3) is 1.90. The number of aromatic nitrogens is 2. The van der Waals surface area contributed by atoms with Crippen molar-refractivity contribution in [3.63, 3.8) is 0 Å². The van der Waals surface area contributed by atoms with E-state index in [1.807, 2.05) is 10.9 Å². The molecule has 18 heavy (non-hydrogen) atoms. The Balaban J connectivity index is 2.01. The minimum Gasteiger partial charge on any atom is -0.382 e. The van der Waals surface area contributed by atoms with Gasteiger partial charge in [0.2, 0.25) is 0 Å². The summed E-state index contributed by atoms with van der Waals surface area (Å²) < 4.78 is 2.00. The van der Waals surface area contributed by atoms with Gasteiger partial charge in [-0.1, -0.05) is 18.2 Å². The third-order valence-corrected chi connectivity index (χ3v) is 3.71. The molecule has 0 radical (unpaired) electrons. The van der Waals surface area contributed by atoms with Crippen molar-refractivity contribution in [2.24, 2.45) is 0 Å². The lowest BCUT2D eigenvalue weighted by Gasteiger charge is -2.30. The fourth-order valence-electron chi connectivity index (χ4n) is 2.79. The molecule has 1 aliphatic heterocycles. The Bertz CT molecular complexity index is 544. The Morgan fingerprint density at radius 2 is 2.22 bits per heavy atom. The SMILES string of the molecule is CCn1cc(C2CC(C)Nc3ccccc32)cn1. The molecule has 3 heteroatoms. The summed E-state index contributed by atoms with van der Waals surface area (Å²) in [6.07, 6.45) is 5.33. The lowest BCUT2D eigenvalue weighted by atomic mass is 9.84. The molecule has 2 unspecified atom stereocenters. The Hall–Kier alpha value is -1.77. The molecule has 0 saturated carbocycles. The van der Waals surface area contributed by atoms with Crippen LogP contribution in [0.5, 0.6) is 0 Å². The van der Waals surface area contributed by atoms with Gasteiger partial charge in [0.25, 0.3) is 0 Å². The minimum atomic E-state index is 0.470. The van der Waals surface area contributed by atoms with Gasteiger partial charge in [0.15, 0.2) is 0 Å². The molecule has 0 bridgehead atoms. The molecule has 2 atom stereocenters. The summed E-state index contributed by atoms with van der Waals surface area (Å²) >= 11 is 0. The summed E-state index contributed by atoms with van der Waals surface area (Å²) in [6, 6.07) is 9.11. The second-order valence-electron chi connectivity index (χ2n) is 5.05. The fourth-order valence-corrected chi connectivity index (χ4v) is 2.79. The van der Waals surface area contributed by atoms with Crippen molar-refractivity contribution >= 4 is 5.69 Å². The average molecular weight is 241 g/mol. The van der Waals surface area contributed by atoms with Gasteiger partial charge < -0.3 is 5.32 Å². The molecule has 3 nitrogen and oxygen atoms in total. The first-order chi connectivity index (χ1) is 8.78. The van der Waals surface area contributed by atoms with Crippen LogP contribution in [-0.4, -0.2) is 15.8 Å². The monoisotopic (exact) mass is 241 g/mol. The molecule has 1 N–H and O–H groups in total. The van der Waals surface area contributed by atoms with E-state index in [0.717, 1.165) is 13.0 Å². The van der Waals surface area contributed by atoms with Crippen LogP contribution in [0.2, 0.25) is 0 Å². The summed E-state index contributed by atoms with van der Waals surface area (Å²) in [7, 11) is 0. The third-order valence-electron chi connectivity index (χ3n) is 3.71. The van der Waals surface area contributed by atoms with Crippen LogP contribution >= 0.6 is 0 Å². The predicted octanol–water partition coefficient (Wildman–Crippen LogP) is 3.24. The highest BCUT2D eigenvalue weighted by molar-refractivity contribution is 5.57. The minimum absolute atomic E-state index is 0.470. The van der Waals surface area contributed by atoms with Crippen LogP contribution in [0.3, 0.4) is 0 Å². The smallest absolute Gasteiger partial charge is 0.0528 e. The van der Waals surface area contributed by atoms with Crippen molar-refractivity contribution in [1.82, 2.24) is 9.78 Å². The number of aryl methyl sites for hydroxylation is 1. The van der Waals surface area contributed by atoms with E-state index < -0.39 is 0 Å². The first-order valence-electron chi connectivity index (χ1n) is 6.65. The molecule has 1 aromatic carbocycles. The maximum Gasteiger partial charge on any atom is 0.0528 e. The summed E-state index contributed by atoms with van der Waals surface area (Å²) in [5.41, 5.74) is 3.99. The van der Waals surface area contributed by atoms with Crippen LogP contribution in [0.1, 0.15) is 37.3 Å². The predicted molar refractivity (Wildman–Crippen MR) is 73.9 cm³/mol. The van der Waals surface area contributed by atoms with Gasteiger partial charge in [0.1, 0.15) is 0 Å². The topological polar surface area (TPSA) is 29.9 Å². The highest BCUT2D eigenvalue weighted by Crippen LogP contribution is 2.38. The molecule has 0 fully saturated rings. The molecule has 1 aromatic heterocycles. The van der Waals surface area contributed by atoms with Crippen LogP contribution in [0, 0.1) is 0 Å². The molecule has 3 rings (SSSR count). The van der Waals surface area contributed by atoms with Crippen LogP contribution in [0.15, 0.2) is 36.7 Å². The van der Waals surface area contributed by atoms with E-state index in [0.29, 0.717) is 12.0 Å². The van der Waals surface area contributed by atoms with Crippen molar-refractivity contribution in [2.45, 2.75) is 38.8 Å². The van der Waals surface area contributed by atoms with Gasteiger partial charge in [-0.15, -0.1) is 0 Å². The largest absolute Gasteiger partial charge is 0.382 e. The maximum absolute atomic E-state index is 4.40. The second kappa shape index (κ2) is 4.48.